The van der Waals surface area contributed by atoms with Crippen molar-refractivity contribution in [2.24, 2.45) is 5.73 Å². The number of allylic oxidation sites excluding steroid dienone is 1. The van der Waals surface area contributed by atoms with Crippen LogP contribution in [-0.2, 0) is 16.3 Å². The second-order valence-corrected chi connectivity index (χ2v) is 9.29. The van der Waals surface area contributed by atoms with Crippen LogP contribution in [0.25, 0.3) is 0 Å². The van der Waals surface area contributed by atoms with Crippen LogP contribution in [0.15, 0.2) is 65.4 Å². The van der Waals surface area contributed by atoms with E-state index in [1.807, 2.05) is 0 Å². The van der Waals surface area contributed by atoms with Crippen molar-refractivity contribution in [2.75, 3.05) is 12.4 Å². The molecule has 0 heterocycles. The van der Waals surface area contributed by atoms with Crippen molar-refractivity contribution >= 4 is 27.4 Å². The average Bonchev–Trinajstić information content (AvgIpc) is 2.77. The third-order valence-electron chi connectivity index (χ3n) is 5.65. The third-order valence-corrected chi connectivity index (χ3v) is 6.92. The summed E-state index contributed by atoms with van der Waals surface area (Å²) in [5, 5.41) is 2.64. The monoisotopic (exact) mass is 516 g/mol. The van der Waals surface area contributed by atoms with E-state index >= 15 is 0 Å². The number of halogens is 3. The number of Topliss-reactive ketones (excluding diaryl/α,β-unsaturated/α-hetero) is 2. The van der Waals surface area contributed by atoms with Gasteiger partial charge in [-0.15, -0.1) is 0 Å². The van der Waals surface area contributed by atoms with E-state index in [-0.39, 0.29) is 52.1 Å². The van der Waals surface area contributed by atoms with Gasteiger partial charge in [-0.2, -0.15) is 13.2 Å². The molecule has 0 aromatic heterocycles. The molecule has 2 aromatic rings. The number of nitrogens with two attached hydrogens (primary N) is 1. The summed E-state index contributed by atoms with van der Waals surface area (Å²) in [6.07, 6.45) is -4.33. The quantitative estimate of drug-likeness (QED) is 0.428. The summed E-state index contributed by atoms with van der Waals surface area (Å²) in [6.45, 7) is 0. The first-order valence-electron chi connectivity index (χ1n) is 9.70. The van der Waals surface area contributed by atoms with Gasteiger partial charge in [0, 0.05) is 34.5 Å². The van der Waals surface area contributed by atoms with Gasteiger partial charge in [0.05, 0.1) is 18.2 Å². The standard InChI is InChI=1S/C22H17F3N2O6S.Na/c1-33-16-7-6-11(10-14(16)22(23,24)25)27-15-8-9-21(26,34(30,31)32)18-17(15)19(28)12-4-2-3-5-13(12)20(18)29;/h2-8,10,27H,9,26H2,1H3,(H,30,31,32);/q;+1/p-1. The van der Waals surface area contributed by atoms with Crippen molar-refractivity contribution in [3.63, 3.8) is 0 Å². The van der Waals surface area contributed by atoms with Crippen molar-refractivity contribution in [3.8, 4) is 5.75 Å². The fourth-order valence-electron chi connectivity index (χ4n) is 4.00. The predicted octanol–water partition coefficient (Wildman–Crippen LogP) is -0.00650. The fourth-order valence-corrected chi connectivity index (χ4v) is 4.73. The van der Waals surface area contributed by atoms with Crippen molar-refractivity contribution in [1.29, 1.82) is 0 Å². The number of hydrogen-bond donors (Lipinski definition) is 2. The van der Waals surface area contributed by atoms with Gasteiger partial charge < -0.3 is 20.3 Å². The Morgan fingerprint density at radius 3 is 2.23 bits per heavy atom. The summed E-state index contributed by atoms with van der Waals surface area (Å²) < 4.78 is 81.2. The summed E-state index contributed by atoms with van der Waals surface area (Å²) in [5.41, 5.74) is 3.14. The second-order valence-electron chi connectivity index (χ2n) is 7.66. The van der Waals surface area contributed by atoms with E-state index in [1.54, 1.807) is 0 Å². The molecule has 0 saturated carbocycles. The van der Waals surface area contributed by atoms with Crippen LogP contribution in [0.1, 0.15) is 32.7 Å². The number of carbonyl (C=O) groups is 2. The molecule has 2 aromatic carbocycles. The smallest absolute Gasteiger partial charge is 0.746 e. The Bertz CT molecular complexity index is 1420. The predicted molar refractivity (Wildman–Crippen MR) is 113 cm³/mol. The van der Waals surface area contributed by atoms with Gasteiger partial charge >= 0.3 is 35.7 Å². The molecule has 0 amide bonds. The zero-order valence-electron chi connectivity index (χ0n) is 18.4. The van der Waals surface area contributed by atoms with Crippen LogP contribution in [0.5, 0.6) is 5.75 Å². The van der Waals surface area contributed by atoms with Crippen LogP contribution in [0.4, 0.5) is 18.9 Å². The summed E-state index contributed by atoms with van der Waals surface area (Å²) in [5.74, 6) is -2.16. The number of ether oxygens (including phenoxy) is 1. The first-order chi connectivity index (χ1) is 15.8. The Morgan fingerprint density at radius 2 is 1.69 bits per heavy atom. The number of alkyl halides is 3. The zero-order valence-corrected chi connectivity index (χ0v) is 21.2. The number of benzene rings is 2. The molecule has 1 unspecified atom stereocenters. The van der Waals surface area contributed by atoms with E-state index in [2.05, 4.69) is 5.32 Å². The van der Waals surface area contributed by atoms with Crippen LogP contribution in [0.3, 0.4) is 0 Å². The third kappa shape index (κ3) is 4.46. The van der Waals surface area contributed by atoms with Gasteiger partial charge in [-0.05, 0) is 18.2 Å². The number of fused-ring (bicyclic) bond motifs is 1. The van der Waals surface area contributed by atoms with E-state index in [0.29, 0.717) is 0 Å². The van der Waals surface area contributed by atoms with Crippen molar-refractivity contribution in [1.82, 2.24) is 0 Å². The molecule has 1 atom stereocenters. The minimum atomic E-state index is -5.33. The maximum absolute atomic E-state index is 13.4. The molecule has 13 heteroatoms. The van der Waals surface area contributed by atoms with Gasteiger partial charge in [0.25, 0.3) is 0 Å². The number of rotatable bonds is 4. The summed E-state index contributed by atoms with van der Waals surface area (Å²) >= 11 is 0. The Labute approximate surface area is 220 Å². The van der Waals surface area contributed by atoms with E-state index in [9.17, 15) is 35.7 Å². The minimum Gasteiger partial charge on any atom is -0.746 e. The molecular weight excluding hydrogens is 500 g/mol. The number of carbonyl (C=O) groups excluding carboxylic acids is 2. The summed E-state index contributed by atoms with van der Waals surface area (Å²) in [7, 11) is -4.25. The Morgan fingerprint density at radius 1 is 1.09 bits per heavy atom. The average molecular weight is 516 g/mol. The topological polar surface area (TPSA) is 139 Å². The number of anilines is 1. The van der Waals surface area contributed by atoms with Gasteiger partial charge in [0.1, 0.15) is 20.7 Å². The Balaban J connectivity index is 0.00000342. The minimum absolute atomic E-state index is 0. The number of methoxy groups -OCH3 is 1. The van der Waals surface area contributed by atoms with E-state index in [0.717, 1.165) is 25.3 Å². The maximum Gasteiger partial charge on any atom is 1.00 e. The molecule has 0 bridgehead atoms. The summed E-state index contributed by atoms with van der Waals surface area (Å²) in [4.78, 5) is 23.8. The van der Waals surface area contributed by atoms with Crippen LogP contribution < -0.4 is 45.3 Å². The van der Waals surface area contributed by atoms with E-state index < -0.39 is 61.6 Å². The SMILES string of the molecule is COc1ccc(NC2=CCC(N)(S(=O)(=O)[O-])C3=C2C(=O)c2ccccc2C3=O)cc1C(F)(F)F.[Na+]. The zero-order chi connectivity index (χ0) is 25.1. The number of hydrogen-bond acceptors (Lipinski definition) is 8. The van der Waals surface area contributed by atoms with Crippen LogP contribution in [0, 0.1) is 0 Å². The largest absolute Gasteiger partial charge is 1.00 e. The molecule has 4 rings (SSSR count). The molecular formula is C22H16F3N2NaO6S. The second kappa shape index (κ2) is 9.19. The Kier molecular flexibility index (Phi) is 7.12. The number of ketones is 2. The van der Waals surface area contributed by atoms with Gasteiger partial charge in [-0.1, -0.05) is 30.3 Å². The normalized spacial score (nSPS) is 19.9. The van der Waals surface area contributed by atoms with Crippen LogP contribution >= 0.6 is 0 Å². The number of nitrogens with one attached hydrogen (secondary N) is 1. The first kappa shape index (κ1) is 27.1. The van der Waals surface area contributed by atoms with Gasteiger partial charge in [0.15, 0.2) is 11.6 Å². The van der Waals surface area contributed by atoms with Crippen LogP contribution in [-0.4, -0.2) is 36.5 Å². The molecule has 0 fully saturated rings. The van der Waals surface area contributed by atoms with Gasteiger partial charge in [0.2, 0.25) is 0 Å². The molecule has 2 aliphatic rings. The maximum atomic E-state index is 13.4. The first-order valence-corrected chi connectivity index (χ1v) is 11.1. The molecule has 0 aliphatic heterocycles. The van der Waals surface area contributed by atoms with Gasteiger partial charge in [-0.25, -0.2) is 8.42 Å². The van der Waals surface area contributed by atoms with Crippen molar-refractivity contribution < 1.29 is 70.0 Å². The van der Waals surface area contributed by atoms with Crippen molar-refractivity contribution in [3.05, 3.63) is 82.1 Å². The molecule has 0 saturated heterocycles. The van der Waals surface area contributed by atoms with Gasteiger partial charge in [-0.3, -0.25) is 9.59 Å². The summed E-state index contributed by atoms with van der Waals surface area (Å²) in [6, 6.07) is 8.60. The fraction of sp³-hybridized carbons (Fsp3) is 0.182. The molecule has 178 valence electrons. The van der Waals surface area contributed by atoms with Crippen LogP contribution in [0.2, 0.25) is 0 Å². The molecule has 0 radical (unpaired) electrons. The van der Waals surface area contributed by atoms with E-state index in [4.69, 9.17) is 10.5 Å². The molecule has 35 heavy (non-hydrogen) atoms. The molecule has 8 nitrogen and oxygen atoms in total. The molecule has 2 aliphatic carbocycles. The van der Waals surface area contributed by atoms with Crippen molar-refractivity contribution in [2.45, 2.75) is 17.5 Å². The Hall–Kier alpha value is -2.48. The molecule has 3 N–H and O–H groups in total. The van der Waals surface area contributed by atoms with E-state index in [1.165, 1.54) is 30.3 Å². The molecule has 0 spiro atoms.